The van der Waals surface area contributed by atoms with Gasteiger partial charge in [-0.25, -0.2) is 8.78 Å². The lowest BCUT2D eigenvalue weighted by Gasteiger charge is -2.18. The van der Waals surface area contributed by atoms with E-state index < -0.39 is 11.6 Å². The maximum atomic E-state index is 13.1. The zero-order chi connectivity index (χ0) is 14.6. The number of nitrogens with two attached hydrogens (primary N) is 1. The molecule has 0 aliphatic heterocycles. The quantitative estimate of drug-likeness (QED) is 0.837. The Kier molecular flexibility index (Phi) is 5.42. The maximum absolute atomic E-state index is 13.1. The first-order valence-corrected chi connectivity index (χ1v) is 6.41. The van der Waals surface area contributed by atoms with Crippen molar-refractivity contribution in [2.24, 2.45) is 0 Å². The van der Waals surface area contributed by atoms with E-state index in [1.165, 1.54) is 12.1 Å². The molecule has 3 nitrogen and oxygen atoms in total. The average Bonchev–Trinajstić information content (AvgIpc) is 2.31. The zero-order valence-electron chi connectivity index (χ0n) is 11.7. The largest absolute Gasteiger partial charge is 0.349 e. The van der Waals surface area contributed by atoms with Gasteiger partial charge in [0.25, 0.3) is 5.91 Å². The van der Waals surface area contributed by atoms with Crippen LogP contribution in [0.3, 0.4) is 0 Å². The normalized spacial score (nSPS) is 14.3. The van der Waals surface area contributed by atoms with Crippen molar-refractivity contribution in [1.29, 1.82) is 0 Å². The topological polar surface area (TPSA) is 45.7 Å². The van der Waals surface area contributed by atoms with E-state index in [0.29, 0.717) is 5.56 Å². The molecule has 0 aliphatic carbocycles. The highest BCUT2D eigenvalue weighted by Gasteiger charge is 2.21. The molecule has 0 saturated heterocycles. The van der Waals surface area contributed by atoms with Crippen LogP contribution in [0.15, 0.2) is 18.2 Å². The molecule has 0 fully saturated rings. The van der Waals surface area contributed by atoms with Crippen molar-refractivity contribution in [3.8, 4) is 0 Å². The fraction of sp³-hybridized carbons (Fsp3) is 0.500. The second-order valence-corrected chi connectivity index (χ2v) is 5.11. The van der Waals surface area contributed by atoms with Gasteiger partial charge in [0, 0.05) is 11.6 Å². The first-order chi connectivity index (χ1) is 8.81. The Morgan fingerprint density at radius 1 is 1.16 bits per heavy atom. The van der Waals surface area contributed by atoms with E-state index in [9.17, 15) is 13.6 Å². The molecule has 1 aromatic rings. The fourth-order valence-corrected chi connectivity index (χ4v) is 1.84. The van der Waals surface area contributed by atoms with E-state index in [0.717, 1.165) is 6.07 Å². The molecule has 1 aromatic carbocycles. The highest BCUT2D eigenvalue weighted by atomic mass is 19.2. The third-order valence-electron chi connectivity index (χ3n) is 2.89. The number of rotatable bonds is 5. The van der Waals surface area contributed by atoms with Gasteiger partial charge >= 0.3 is 0 Å². The van der Waals surface area contributed by atoms with Crippen molar-refractivity contribution in [3.05, 3.63) is 35.4 Å². The van der Waals surface area contributed by atoms with Gasteiger partial charge in [-0.1, -0.05) is 0 Å². The molecule has 2 atom stereocenters. The highest BCUT2D eigenvalue weighted by Crippen LogP contribution is 2.13. The second kappa shape index (κ2) is 6.61. The molecule has 5 heteroatoms. The van der Waals surface area contributed by atoms with Crippen LogP contribution in [0.25, 0.3) is 0 Å². The molecule has 1 rings (SSSR count). The number of hydrogen-bond donors (Lipinski definition) is 2. The summed E-state index contributed by atoms with van der Waals surface area (Å²) in [5.74, 6) is -1.79. The van der Waals surface area contributed by atoms with Crippen LogP contribution in [0.5, 0.6) is 0 Å². The molecule has 0 aliphatic rings. The smallest absolute Gasteiger partial charge is 0.278 e. The molecule has 0 heterocycles. The van der Waals surface area contributed by atoms with Gasteiger partial charge in [-0.3, -0.25) is 4.79 Å². The molecular formula is C14H21F2N2O+. The minimum Gasteiger partial charge on any atom is -0.349 e. The van der Waals surface area contributed by atoms with Crippen LogP contribution in [0.1, 0.15) is 39.3 Å². The summed E-state index contributed by atoms with van der Waals surface area (Å²) < 4.78 is 26.0. The molecule has 0 unspecified atom stereocenters. The Labute approximate surface area is 112 Å². The van der Waals surface area contributed by atoms with Crippen LogP contribution in [0, 0.1) is 11.6 Å². The number of carbonyl (C=O) groups is 1. The summed E-state index contributed by atoms with van der Waals surface area (Å²) in [6.45, 7) is 7.42. The summed E-state index contributed by atoms with van der Waals surface area (Å²) in [5, 5.41) is 4.64. The number of quaternary nitrogens is 1. The molecule has 19 heavy (non-hydrogen) atoms. The Morgan fingerprint density at radius 3 is 2.32 bits per heavy atom. The van der Waals surface area contributed by atoms with E-state index >= 15 is 0 Å². The Hall–Kier alpha value is -1.49. The number of carbonyl (C=O) groups excluding carboxylic acids is 1. The van der Waals surface area contributed by atoms with Crippen LogP contribution in [-0.4, -0.2) is 18.0 Å². The van der Waals surface area contributed by atoms with Gasteiger partial charge in [0.05, 0.1) is 0 Å². The van der Waals surface area contributed by atoms with Crippen LogP contribution in [0.4, 0.5) is 8.78 Å². The minimum atomic E-state index is -0.864. The average molecular weight is 271 g/mol. The highest BCUT2D eigenvalue weighted by molar-refractivity contribution is 5.80. The first-order valence-electron chi connectivity index (χ1n) is 6.41. The van der Waals surface area contributed by atoms with Crippen molar-refractivity contribution < 1.29 is 18.9 Å². The summed E-state index contributed by atoms with van der Waals surface area (Å²) in [7, 11) is 0. The number of benzene rings is 1. The van der Waals surface area contributed by atoms with Crippen molar-refractivity contribution >= 4 is 5.91 Å². The van der Waals surface area contributed by atoms with Gasteiger partial charge in [-0.2, -0.15) is 0 Å². The van der Waals surface area contributed by atoms with Crippen LogP contribution >= 0.6 is 0 Å². The molecule has 3 N–H and O–H groups in total. The van der Waals surface area contributed by atoms with Crippen molar-refractivity contribution in [2.45, 2.75) is 45.8 Å². The molecule has 0 bridgehead atoms. The number of amides is 1. The number of halogens is 2. The first kappa shape index (κ1) is 15.6. The lowest BCUT2D eigenvalue weighted by molar-refractivity contribution is -0.710. The standard InChI is InChI=1S/C14H20F2N2O/c1-8(2)17-14(19)10(4)18-9(3)11-5-6-12(15)13(16)7-11/h5-10,18H,1-4H3,(H,17,19)/p+1/t9-,10+/m1/s1. The van der Waals surface area contributed by atoms with E-state index in [2.05, 4.69) is 5.32 Å². The zero-order valence-corrected chi connectivity index (χ0v) is 11.7. The maximum Gasteiger partial charge on any atom is 0.278 e. The SMILES string of the molecule is CC(C)NC(=O)[C@H](C)[NH2+][C@H](C)c1ccc(F)c(F)c1. The predicted octanol–water partition coefficient (Wildman–Crippen LogP) is 1.50. The summed E-state index contributed by atoms with van der Waals surface area (Å²) in [4.78, 5) is 11.8. The van der Waals surface area contributed by atoms with Gasteiger partial charge < -0.3 is 10.6 Å². The monoisotopic (exact) mass is 271 g/mol. The predicted molar refractivity (Wildman–Crippen MR) is 69.4 cm³/mol. The Bertz CT molecular complexity index is 449. The summed E-state index contributed by atoms with van der Waals surface area (Å²) in [6.07, 6.45) is 0. The van der Waals surface area contributed by atoms with E-state index in [4.69, 9.17) is 0 Å². The lowest BCUT2D eigenvalue weighted by Crippen LogP contribution is -2.92. The Balaban J connectivity index is 2.65. The molecule has 0 radical (unpaired) electrons. The number of hydrogen-bond acceptors (Lipinski definition) is 1. The van der Waals surface area contributed by atoms with E-state index in [-0.39, 0.29) is 24.0 Å². The number of nitrogens with one attached hydrogen (secondary N) is 1. The second-order valence-electron chi connectivity index (χ2n) is 5.11. The molecule has 106 valence electrons. The van der Waals surface area contributed by atoms with Crippen LogP contribution < -0.4 is 10.6 Å². The van der Waals surface area contributed by atoms with Gasteiger partial charge in [0.2, 0.25) is 0 Å². The van der Waals surface area contributed by atoms with Crippen LogP contribution in [0.2, 0.25) is 0 Å². The third-order valence-corrected chi connectivity index (χ3v) is 2.89. The van der Waals surface area contributed by atoms with Crippen LogP contribution in [-0.2, 0) is 4.79 Å². The molecule has 0 saturated carbocycles. The van der Waals surface area contributed by atoms with Gasteiger partial charge in [-0.05, 0) is 45.9 Å². The van der Waals surface area contributed by atoms with Crippen molar-refractivity contribution in [2.75, 3.05) is 0 Å². The van der Waals surface area contributed by atoms with Gasteiger partial charge in [-0.15, -0.1) is 0 Å². The van der Waals surface area contributed by atoms with Gasteiger partial charge in [0.1, 0.15) is 6.04 Å². The third kappa shape index (κ3) is 4.59. The lowest BCUT2D eigenvalue weighted by atomic mass is 10.1. The summed E-state index contributed by atoms with van der Waals surface area (Å²) >= 11 is 0. The fourth-order valence-electron chi connectivity index (χ4n) is 1.84. The summed E-state index contributed by atoms with van der Waals surface area (Å²) in [6, 6.07) is 3.49. The van der Waals surface area contributed by atoms with E-state index in [1.807, 2.05) is 26.1 Å². The molecule has 0 aromatic heterocycles. The molecule has 0 spiro atoms. The molecular weight excluding hydrogens is 250 g/mol. The molecule has 1 amide bonds. The Morgan fingerprint density at radius 2 is 1.79 bits per heavy atom. The van der Waals surface area contributed by atoms with Crippen molar-refractivity contribution in [1.82, 2.24) is 5.32 Å². The minimum absolute atomic E-state index is 0.0653. The van der Waals surface area contributed by atoms with Crippen molar-refractivity contribution in [3.63, 3.8) is 0 Å². The van der Waals surface area contributed by atoms with Gasteiger partial charge in [0.15, 0.2) is 17.7 Å². The van der Waals surface area contributed by atoms with E-state index in [1.54, 1.807) is 6.92 Å². The summed E-state index contributed by atoms with van der Waals surface area (Å²) in [5.41, 5.74) is 0.656.